The Bertz CT molecular complexity index is 915. The van der Waals surface area contributed by atoms with Gasteiger partial charge in [-0.05, 0) is 42.8 Å². The van der Waals surface area contributed by atoms with Crippen molar-refractivity contribution in [2.75, 3.05) is 29.3 Å². The number of rotatable bonds is 4. The van der Waals surface area contributed by atoms with E-state index >= 15 is 0 Å². The Balaban J connectivity index is 1.82. The van der Waals surface area contributed by atoms with Gasteiger partial charge in [-0.15, -0.1) is 0 Å². The zero-order chi connectivity index (χ0) is 18.0. The number of sulfonamides is 1. The van der Waals surface area contributed by atoms with Crippen LogP contribution < -0.4 is 14.9 Å². The van der Waals surface area contributed by atoms with Gasteiger partial charge in [0.1, 0.15) is 0 Å². The maximum atomic E-state index is 12.5. The molecular weight excluding hydrogens is 362 g/mol. The average Bonchev–Trinajstić information content (AvgIpc) is 2.54. The summed E-state index contributed by atoms with van der Waals surface area (Å²) in [4.78, 5) is 13.6. The largest absolute Gasteiger partial charge is 0.359 e. The second kappa shape index (κ2) is 6.93. The first-order valence-corrected chi connectivity index (χ1v) is 9.62. The molecule has 0 saturated carbocycles. The number of nitrogens with one attached hydrogen (secondary N) is 2. The van der Waals surface area contributed by atoms with E-state index in [0.29, 0.717) is 29.5 Å². The summed E-state index contributed by atoms with van der Waals surface area (Å²) in [6.45, 7) is 3.27. The highest BCUT2D eigenvalue weighted by Crippen LogP contribution is 2.30. The van der Waals surface area contributed by atoms with E-state index in [1.165, 1.54) is 6.07 Å². The summed E-state index contributed by atoms with van der Waals surface area (Å²) in [5.41, 5.74) is 1.94. The molecule has 0 spiro atoms. The fourth-order valence-electron chi connectivity index (χ4n) is 2.67. The van der Waals surface area contributed by atoms with Crippen molar-refractivity contribution in [3.05, 3.63) is 53.1 Å². The fraction of sp³-hybridized carbons (Fsp3) is 0.235. The molecule has 6 nitrogen and oxygen atoms in total. The Morgan fingerprint density at radius 1 is 1.20 bits per heavy atom. The Labute approximate surface area is 151 Å². The minimum Gasteiger partial charge on any atom is -0.359 e. The fourth-order valence-corrected chi connectivity index (χ4v) is 4.12. The zero-order valence-corrected chi connectivity index (χ0v) is 15.2. The predicted octanol–water partition coefficient (Wildman–Crippen LogP) is 2.39. The summed E-state index contributed by atoms with van der Waals surface area (Å²) in [5.74, 6) is -0.0634. The van der Waals surface area contributed by atoms with E-state index in [1.807, 2.05) is 17.9 Å². The lowest BCUT2D eigenvalue weighted by Crippen LogP contribution is -2.47. The molecule has 1 aliphatic rings. The van der Waals surface area contributed by atoms with E-state index in [0.717, 1.165) is 5.56 Å². The molecular formula is C17H18ClN3O3S. The second-order valence-corrected chi connectivity index (χ2v) is 7.95. The Morgan fingerprint density at radius 2 is 2.00 bits per heavy atom. The average molecular weight is 380 g/mol. The minimum absolute atomic E-state index is 0.0634. The smallest absolute Gasteiger partial charge is 0.261 e. The molecule has 1 amide bonds. The molecule has 1 heterocycles. The molecule has 3 rings (SSSR count). The van der Waals surface area contributed by atoms with Gasteiger partial charge >= 0.3 is 0 Å². The first-order chi connectivity index (χ1) is 11.8. The van der Waals surface area contributed by atoms with Gasteiger partial charge in [0, 0.05) is 13.1 Å². The van der Waals surface area contributed by atoms with Crippen LogP contribution in [0.25, 0.3) is 0 Å². The van der Waals surface area contributed by atoms with Gasteiger partial charge in [0.25, 0.3) is 10.0 Å². The van der Waals surface area contributed by atoms with Crippen molar-refractivity contribution in [2.24, 2.45) is 0 Å². The molecule has 0 bridgehead atoms. The zero-order valence-electron chi connectivity index (χ0n) is 13.6. The molecule has 2 aromatic carbocycles. The number of aryl methyl sites for hydroxylation is 1. The van der Waals surface area contributed by atoms with Crippen molar-refractivity contribution in [1.29, 1.82) is 0 Å². The SMILES string of the molecule is Cc1cccc(S(=O)(=O)Nc2ccc(N3CCNC(=O)C3)c(Cl)c2)c1. The number of halogens is 1. The van der Waals surface area contributed by atoms with Crippen molar-refractivity contribution in [3.8, 4) is 0 Å². The first kappa shape index (κ1) is 17.6. The number of anilines is 2. The first-order valence-electron chi connectivity index (χ1n) is 7.76. The van der Waals surface area contributed by atoms with Crippen molar-refractivity contribution in [1.82, 2.24) is 5.32 Å². The topological polar surface area (TPSA) is 78.5 Å². The predicted molar refractivity (Wildman–Crippen MR) is 98.7 cm³/mol. The molecule has 2 aromatic rings. The summed E-state index contributed by atoms with van der Waals surface area (Å²) in [5, 5.41) is 3.14. The third-order valence-electron chi connectivity index (χ3n) is 3.88. The molecule has 8 heteroatoms. The Hall–Kier alpha value is -2.25. The molecule has 2 N–H and O–H groups in total. The van der Waals surface area contributed by atoms with E-state index in [2.05, 4.69) is 10.0 Å². The molecule has 25 heavy (non-hydrogen) atoms. The van der Waals surface area contributed by atoms with E-state index in [9.17, 15) is 13.2 Å². The number of piperazine rings is 1. The van der Waals surface area contributed by atoms with Crippen LogP contribution in [0.15, 0.2) is 47.4 Å². The van der Waals surface area contributed by atoms with Crippen LogP contribution in [0.1, 0.15) is 5.56 Å². The monoisotopic (exact) mass is 379 g/mol. The molecule has 0 aliphatic carbocycles. The van der Waals surface area contributed by atoms with Crippen molar-refractivity contribution < 1.29 is 13.2 Å². The molecule has 1 saturated heterocycles. The van der Waals surface area contributed by atoms with Crippen LogP contribution in [0.5, 0.6) is 0 Å². The number of amides is 1. The highest BCUT2D eigenvalue weighted by molar-refractivity contribution is 7.92. The molecule has 1 aliphatic heterocycles. The van der Waals surface area contributed by atoms with Crippen LogP contribution >= 0.6 is 11.6 Å². The lowest BCUT2D eigenvalue weighted by atomic mass is 10.2. The lowest BCUT2D eigenvalue weighted by molar-refractivity contribution is -0.120. The third-order valence-corrected chi connectivity index (χ3v) is 5.56. The highest BCUT2D eigenvalue weighted by atomic mass is 35.5. The Kier molecular flexibility index (Phi) is 4.87. The van der Waals surface area contributed by atoms with Crippen LogP contribution in [0.4, 0.5) is 11.4 Å². The standard InChI is InChI=1S/C17H18ClN3O3S/c1-12-3-2-4-14(9-12)25(23,24)20-13-5-6-16(15(18)10-13)21-8-7-19-17(22)11-21/h2-6,9-10,20H,7-8,11H2,1H3,(H,19,22). The molecule has 0 aromatic heterocycles. The number of hydrogen-bond donors (Lipinski definition) is 2. The van der Waals surface area contributed by atoms with Crippen LogP contribution in [-0.4, -0.2) is 34.0 Å². The van der Waals surface area contributed by atoms with Crippen LogP contribution in [-0.2, 0) is 14.8 Å². The van der Waals surface area contributed by atoms with Crippen molar-refractivity contribution in [2.45, 2.75) is 11.8 Å². The van der Waals surface area contributed by atoms with Crippen LogP contribution in [0, 0.1) is 6.92 Å². The van der Waals surface area contributed by atoms with Crippen molar-refractivity contribution >= 4 is 38.9 Å². The van der Waals surface area contributed by atoms with E-state index in [4.69, 9.17) is 11.6 Å². The number of benzene rings is 2. The third kappa shape index (κ3) is 4.05. The molecule has 0 radical (unpaired) electrons. The highest BCUT2D eigenvalue weighted by Gasteiger charge is 2.20. The van der Waals surface area contributed by atoms with E-state index < -0.39 is 10.0 Å². The summed E-state index contributed by atoms with van der Waals surface area (Å²) in [6.07, 6.45) is 0. The molecule has 0 unspecified atom stereocenters. The maximum Gasteiger partial charge on any atom is 0.261 e. The van der Waals surface area contributed by atoms with Gasteiger partial charge in [-0.2, -0.15) is 0 Å². The normalized spacial score (nSPS) is 15.0. The van der Waals surface area contributed by atoms with Gasteiger partial charge in [-0.25, -0.2) is 8.42 Å². The number of carbonyl (C=O) groups is 1. The molecule has 132 valence electrons. The van der Waals surface area contributed by atoms with Crippen LogP contribution in [0.3, 0.4) is 0 Å². The number of hydrogen-bond acceptors (Lipinski definition) is 4. The summed E-state index contributed by atoms with van der Waals surface area (Å²) >= 11 is 6.30. The van der Waals surface area contributed by atoms with Gasteiger partial charge in [0.15, 0.2) is 0 Å². The number of carbonyl (C=O) groups excluding carboxylic acids is 1. The molecule has 1 fully saturated rings. The maximum absolute atomic E-state index is 12.5. The quantitative estimate of drug-likeness (QED) is 0.854. The van der Waals surface area contributed by atoms with Gasteiger partial charge < -0.3 is 10.2 Å². The van der Waals surface area contributed by atoms with Gasteiger partial charge in [0.05, 0.1) is 27.8 Å². The lowest BCUT2D eigenvalue weighted by Gasteiger charge is -2.29. The van der Waals surface area contributed by atoms with Crippen LogP contribution in [0.2, 0.25) is 5.02 Å². The summed E-state index contributed by atoms with van der Waals surface area (Å²) in [7, 11) is -3.69. The summed E-state index contributed by atoms with van der Waals surface area (Å²) < 4.78 is 27.5. The summed E-state index contributed by atoms with van der Waals surface area (Å²) in [6, 6.07) is 11.6. The van der Waals surface area contributed by atoms with Gasteiger partial charge in [0.2, 0.25) is 5.91 Å². The second-order valence-electron chi connectivity index (χ2n) is 5.86. The van der Waals surface area contributed by atoms with E-state index in [1.54, 1.807) is 30.3 Å². The van der Waals surface area contributed by atoms with Crippen molar-refractivity contribution in [3.63, 3.8) is 0 Å². The van der Waals surface area contributed by atoms with E-state index in [-0.39, 0.29) is 17.3 Å². The van der Waals surface area contributed by atoms with Gasteiger partial charge in [-0.3, -0.25) is 9.52 Å². The number of nitrogens with zero attached hydrogens (tertiary/aromatic N) is 1. The van der Waals surface area contributed by atoms with Gasteiger partial charge in [-0.1, -0.05) is 23.7 Å². The molecule has 0 atom stereocenters. The Morgan fingerprint density at radius 3 is 2.68 bits per heavy atom. The minimum atomic E-state index is -3.69.